The van der Waals surface area contributed by atoms with Crippen LogP contribution in [0.15, 0.2) is 4.99 Å². The standard InChI is InChI=1S/C17H31F3N4O2/c1-14(17(18,19)20)23-6-8-24(9-7-23)16(21-2)22-5-3-10-25-12-15-4-11-26-13-15/h14-15H,3-13H2,1-2H3,(H,21,22). The summed E-state index contributed by atoms with van der Waals surface area (Å²) in [6, 6.07) is -1.40. The Morgan fingerprint density at radius 3 is 2.62 bits per heavy atom. The number of halogens is 3. The van der Waals surface area contributed by atoms with Crippen LogP contribution in [0.1, 0.15) is 19.8 Å². The Balaban J connectivity index is 1.60. The number of rotatable bonds is 7. The maximum atomic E-state index is 12.8. The quantitative estimate of drug-likeness (QED) is 0.413. The van der Waals surface area contributed by atoms with Gasteiger partial charge in [-0.15, -0.1) is 0 Å². The monoisotopic (exact) mass is 380 g/mol. The fourth-order valence-corrected chi connectivity index (χ4v) is 3.20. The number of nitrogens with one attached hydrogen (secondary N) is 1. The van der Waals surface area contributed by atoms with Crippen molar-refractivity contribution in [1.29, 1.82) is 0 Å². The van der Waals surface area contributed by atoms with Gasteiger partial charge in [0.15, 0.2) is 5.96 Å². The lowest BCUT2D eigenvalue weighted by atomic mass is 10.1. The Hall–Kier alpha value is -1.06. The molecule has 2 aliphatic heterocycles. The van der Waals surface area contributed by atoms with Gasteiger partial charge in [-0.05, 0) is 19.8 Å². The first-order valence-electron chi connectivity index (χ1n) is 9.33. The molecule has 2 saturated heterocycles. The van der Waals surface area contributed by atoms with E-state index in [1.54, 1.807) is 7.05 Å². The van der Waals surface area contributed by atoms with E-state index >= 15 is 0 Å². The highest BCUT2D eigenvalue weighted by Crippen LogP contribution is 2.25. The van der Waals surface area contributed by atoms with Crippen molar-refractivity contribution >= 4 is 5.96 Å². The van der Waals surface area contributed by atoms with Gasteiger partial charge >= 0.3 is 6.18 Å². The number of piperazine rings is 1. The first-order valence-corrected chi connectivity index (χ1v) is 9.33. The molecule has 0 spiro atoms. The average molecular weight is 380 g/mol. The molecule has 0 aromatic heterocycles. The first-order chi connectivity index (χ1) is 12.4. The van der Waals surface area contributed by atoms with E-state index in [1.807, 2.05) is 4.90 Å². The molecule has 6 nitrogen and oxygen atoms in total. The molecule has 2 aliphatic rings. The van der Waals surface area contributed by atoms with E-state index in [-0.39, 0.29) is 0 Å². The van der Waals surface area contributed by atoms with Crippen LogP contribution < -0.4 is 5.32 Å². The maximum absolute atomic E-state index is 12.8. The van der Waals surface area contributed by atoms with E-state index in [1.165, 1.54) is 11.8 Å². The second kappa shape index (κ2) is 10.3. The van der Waals surface area contributed by atoms with Crippen LogP contribution in [0.2, 0.25) is 0 Å². The Labute approximate surface area is 153 Å². The number of ether oxygens (including phenoxy) is 2. The molecule has 0 radical (unpaired) electrons. The van der Waals surface area contributed by atoms with E-state index in [9.17, 15) is 13.2 Å². The fourth-order valence-electron chi connectivity index (χ4n) is 3.20. The summed E-state index contributed by atoms with van der Waals surface area (Å²) in [6.07, 6.45) is -2.24. The van der Waals surface area contributed by atoms with Crippen LogP contribution in [0.3, 0.4) is 0 Å². The van der Waals surface area contributed by atoms with Gasteiger partial charge in [-0.2, -0.15) is 13.2 Å². The van der Waals surface area contributed by atoms with Crippen LogP contribution >= 0.6 is 0 Å². The fraction of sp³-hybridized carbons (Fsp3) is 0.941. The van der Waals surface area contributed by atoms with Gasteiger partial charge in [0, 0.05) is 58.9 Å². The van der Waals surface area contributed by atoms with Gasteiger partial charge in [-0.3, -0.25) is 9.89 Å². The molecular formula is C17H31F3N4O2. The molecule has 26 heavy (non-hydrogen) atoms. The van der Waals surface area contributed by atoms with Gasteiger partial charge in [0.25, 0.3) is 0 Å². The third kappa shape index (κ3) is 6.59. The minimum Gasteiger partial charge on any atom is -0.381 e. The van der Waals surface area contributed by atoms with E-state index < -0.39 is 12.2 Å². The van der Waals surface area contributed by atoms with E-state index in [2.05, 4.69) is 10.3 Å². The van der Waals surface area contributed by atoms with Crippen molar-refractivity contribution < 1.29 is 22.6 Å². The largest absolute Gasteiger partial charge is 0.403 e. The molecule has 9 heteroatoms. The third-order valence-corrected chi connectivity index (χ3v) is 4.97. The summed E-state index contributed by atoms with van der Waals surface area (Å²) in [5.41, 5.74) is 0. The Kier molecular flexibility index (Phi) is 8.43. The average Bonchev–Trinajstić information content (AvgIpc) is 3.13. The van der Waals surface area contributed by atoms with Crippen LogP contribution in [-0.2, 0) is 9.47 Å². The molecule has 2 unspecified atom stereocenters. The van der Waals surface area contributed by atoms with E-state index in [0.29, 0.717) is 38.7 Å². The Morgan fingerprint density at radius 1 is 1.31 bits per heavy atom. The second-order valence-electron chi connectivity index (χ2n) is 6.87. The summed E-state index contributed by atoms with van der Waals surface area (Å²) in [4.78, 5) is 7.73. The molecule has 0 aliphatic carbocycles. The molecular weight excluding hydrogens is 349 g/mol. The van der Waals surface area contributed by atoms with Gasteiger partial charge < -0.3 is 19.7 Å². The highest BCUT2D eigenvalue weighted by Gasteiger charge is 2.41. The first kappa shape index (κ1) is 21.2. The van der Waals surface area contributed by atoms with Crippen LogP contribution in [0.4, 0.5) is 13.2 Å². The van der Waals surface area contributed by atoms with Gasteiger partial charge in [0.2, 0.25) is 0 Å². The maximum Gasteiger partial charge on any atom is 0.403 e. The van der Waals surface area contributed by atoms with Gasteiger partial charge in [0.1, 0.15) is 6.04 Å². The zero-order valence-electron chi connectivity index (χ0n) is 15.7. The van der Waals surface area contributed by atoms with Gasteiger partial charge in [-0.1, -0.05) is 0 Å². The molecule has 0 aromatic rings. The minimum absolute atomic E-state index is 0.383. The number of hydrogen-bond acceptors (Lipinski definition) is 4. The molecule has 0 aromatic carbocycles. The summed E-state index contributed by atoms with van der Waals surface area (Å²) >= 11 is 0. The summed E-state index contributed by atoms with van der Waals surface area (Å²) in [5, 5.41) is 3.27. The van der Waals surface area contributed by atoms with Crippen molar-refractivity contribution in [2.75, 3.05) is 66.2 Å². The predicted octanol–water partition coefficient (Wildman–Crippen LogP) is 1.57. The SMILES string of the molecule is CN=C(NCCCOCC1CCOC1)N1CCN(C(C)C(F)(F)F)CC1. The molecule has 1 N–H and O–H groups in total. The van der Waals surface area contributed by atoms with Crippen LogP contribution in [0.5, 0.6) is 0 Å². The molecule has 2 heterocycles. The van der Waals surface area contributed by atoms with Crippen molar-refractivity contribution in [2.24, 2.45) is 10.9 Å². The Morgan fingerprint density at radius 2 is 2.04 bits per heavy atom. The van der Waals surface area contributed by atoms with Gasteiger partial charge in [-0.25, -0.2) is 0 Å². The number of alkyl halides is 3. The smallest absolute Gasteiger partial charge is 0.381 e. The molecule has 2 rings (SSSR count). The number of hydrogen-bond donors (Lipinski definition) is 1. The third-order valence-electron chi connectivity index (χ3n) is 4.97. The minimum atomic E-state index is -4.17. The molecule has 0 bridgehead atoms. The van der Waals surface area contributed by atoms with E-state index in [4.69, 9.17) is 9.47 Å². The van der Waals surface area contributed by atoms with Crippen molar-refractivity contribution in [3.63, 3.8) is 0 Å². The molecule has 2 atom stereocenters. The zero-order chi connectivity index (χ0) is 19.0. The normalized spacial score (nSPS) is 24.1. The number of aliphatic imine (C=N–C) groups is 1. The molecule has 2 fully saturated rings. The zero-order valence-corrected chi connectivity index (χ0v) is 15.7. The molecule has 0 saturated carbocycles. The van der Waals surface area contributed by atoms with Crippen molar-refractivity contribution in [3.8, 4) is 0 Å². The molecule has 0 amide bonds. The van der Waals surface area contributed by atoms with Crippen molar-refractivity contribution in [2.45, 2.75) is 32.0 Å². The van der Waals surface area contributed by atoms with Gasteiger partial charge in [0.05, 0.1) is 13.2 Å². The Bertz CT molecular complexity index is 434. The lowest BCUT2D eigenvalue weighted by Gasteiger charge is -2.39. The molecule has 152 valence electrons. The topological polar surface area (TPSA) is 49.3 Å². The lowest BCUT2D eigenvalue weighted by molar-refractivity contribution is -0.181. The van der Waals surface area contributed by atoms with Crippen LogP contribution in [-0.4, -0.2) is 94.2 Å². The predicted molar refractivity (Wildman–Crippen MR) is 94.4 cm³/mol. The summed E-state index contributed by atoms with van der Waals surface area (Å²) in [7, 11) is 1.70. The van der Waals surface area contributed by atoms with Crippen LogP contribution in [0, 0.1) is 5.92 Å². The summed E-state index contributed by atoms with van der Waals surface area (Å²) in [6.45, 7) is 6.85. The number of nitrogens with zero attached hydrogens (tertiary/aromatic N) is 3. The van der Waals surface area contributed by atoms with Crippen LogP contribution in [0.25, 0.3) is 0 Å². The highest BCUT2D eigenvalue weighted by atomic mass is 19.4. The summed E-state index contributed by atoms with van der Waals surface area (Å²) < 4.78 is 49.4. The van der Waals surface area contributed by atoms with Crippen molar-refractivity contribution in [1.82, 2.24) is 15.1 Å². The second-order valence-corrected chi connectivity index (χ2v) is 6.87. The van der Waals surface area contributed by atoms with Crippen molar-refractivity contribution in [3.05, 3.63) is 0 Å². The number of guanidine groups is 1. The lowest BCUT2D eigenvalue weighted by Crippen LogP contribution is -2.56. The van der Waals surface area contributed by atoms with E-state index in [0.717, 1.165) is 45.2 Å². The summed E-state index contributed by atoms with van der Waals surface area (Å²) in [5.74, 6) is 1.26. The highest BCUT2D eigenvalue weighted by molar-refractivity contribution is 5.79.